The van der Waals surface area contributed by atoms with Crippen molar-refractivity contribution < 1.29 is 10.9 Å². The number of nitrogens with one attached hydrogen (secondary N) is 1. The number of aryl methyl sites for hydroxylation is 1. The molecule has 8 heteroatoms. The molecule has 1 aliphatic rings. The highest BCUT2D eigenvalue weighted by molar-refractivity contribution is 5.64. The maximum absolute atomic E-state index is 5.58. The molecule has 0 spiro atoms. The predicted molar refractivity (Wildman–Crippen MR) is 122 cm³/mol. The minimum atomic E-state index is 0. The van der Waals surface area contributed by atoms with Crippen molar-refractivity contribution in [2.45, 2.75) is 27.7 Å². The smallest absolute Gasteiger partial charge is 0.229 e. The Balaban J connectivity index is 0.000000631. The second-order valence-corrected chi connectivity index (χ2v) is 7.82. The van der Waals surface area contributed by atoms with Crippen molar-refractivity contribution in [1.29, 1.82) is 0 Å². The zero-order chi connectivity index (χ0) is 21.7. The predicted octanol–water partition coefficient (Wildman–Crippen LogP) is 4.46. The van der Waals surface area contributed by atoms with Crippen LogP contribution in [0.25, 0.3) is 5.69 Å². The second-order valence-electron chi connectivity index (χ2n) is 7.82. The van der Waals surface area contributed by atoms with Crippen LogP contribution in [0.2, 0.25) is 0 Å². The first-order valence-corrected chi connectivity index (χ1v) is 10.0. The van der Waals surface area contributed by atoms with Gasteiger partial charge in [0, 0.05) is 26.4 Å². The normalized spacial score (nSPS) is 12.6. The first-order chi connectivity index (χ1) is 14.4. The summed E-state index contributed by atoms with van der Waals surface area (Å²) in [5.74, 6) is 3.55. The van der Waals surface area contributed by atoms with Crippen molar-refractivity contribution in [3.63, 3.8) is 0 Å². The molecular formula is C22H32N6O2. The van der Waals surface area contributed by atoms with Crippen LogP contribution >= 0.6 is 0 Å². The lowest BCUT2D eigenvalue weighted by Crippen LogP contribution is -2.30. The summed E-state index contributed by atoms with van der Waals surface area (Å²) >= 11 is 0. The van der Waals surface area contributed by atoms with Crippen LogP contribution in [0.5, 0.6) is 11.5 Å². The molecule has 0 atom stereocenters. The van der Waals surface area contributed by atoms with E-state index >= 15 is 0 Å². The van der Waals surface area contributed by atoms with Crippen LogP contribution in [0.4, 0.5) is 17.5 Å². The SMILES string of the molecule is CC(C)C.COc1cc(Nc2ncc3c(n2)N(C)CCO3)ccc1-n1cnc(C)c1.[HH]. The molecule has 1 aromatic carbocycles. The fourth-order valence-electron chi connectivity index (χ4n) is 2.85. The third kappa shape index (κ3) is 5.20. The van der Waals surface area contributed by atoms with Gasteiger partial charge in [-0.05, 0) is 25.0 Å². The van der Waals surface area contributed by atoms with Crippen molar-refractivity contribution in [2.75, 3.05) is 37.5 Å². The van der Waals surface area contributed by atoms with Crippen LogP contribution < -0.4 is 19.7 Å². The number of imidazole rings is 1. The van der Waals surface area contributed by atoms with Gasteiger partial charge >= 0.3 is 0 Å². The van der Waals surface area contributed by atoms with Crippen molar-refractivity contribution in [1.82, 2.24) is 19.5 Å². The summed E-state index contributed by atoms with van der Waals surface area (Å²) in [6.45, 7) is 9.90. The molecule has 3 heterocycles. The standard InChI is InChI=1S/C18H20N6O2.C4H10.H2/c1-12-10-24(11-20-12)14-5-4-13(8-15(14)25-3)21-18-19-9-16-17(22-18)23(2)6-7-26-16;1-4(2)3;/h4-5,8-11H,6-7H2,1-3H3,(H,19,21,22);4H,1-3H3;1H. The summed E-state index contributed by atoms with van der Waals surface area (Å²) in [5, 5.41) is 3.22. The molecule has 0 radical (unpaired) electrons. The third-order valence-corrected chi connectivity index (χ3v) is 4.21. The molecule has 162 valence electrons. The fraction of sp³-hybridized carbons (Fsp3) is 0.409. The number of anilines is 3. The summed E-state index contributed by atoms with van der Waals surface area (Å²) in [6.07, 6.45) is 5.41. The van der Waals surface area contributed by atoms with E-state index in [2.05, 4.69) is 45.9 Å². The fourth-order valence-corrected chi connectivity index (χ4v) is 2.85. The Labute approximate surface area is 179 Å². The number of likely N-dealkylation sites (N-methyl/N-ethyl adjacent to an activating group) is 1. The first-order valence-electron chi connectivity index (χ1n) is 10.0. The highest BCUT2D eigenvalue weighted by atomic mass is 16.5. The Hall–Kier alpha value is -3.29. The number of hydrogen-bond donors (Lipinski definition) is 1. The quantitative estimate of drug-likeness (QED) is 0.678. The maximum atomic E-state index is 5.58. The summed E-state index contributed by atoms with van der Waals surface area (Å²) in [7, 11) is 3.64. The number of nitrogens with zero attached hydrogens (tertiary/aromatic N) is 5. The van der Waals surface area contributed by atoms with Gasteiger partial charge in [0.15, 0.2) is 11.6 Å². The molecule has 0 saturated carbocycles. The lowest BCUT2D eigenvalue weighted by Gasteiger charge is -2.26. The summed E-state index contributed by atoms with van der Waals surface area (Å²) in [5.41, 5.74) is 2.70. The zero-order valence-electron chi connectivity index (χ0n) is 18.5. The lowest BCUT2D eigenvalue weighted by molar-refractivity contribution is 0.307. The molecule has 8 nitrogen and oxygen atoms in total. The molecule has 0 bridgehead atoms. The molecule has 3 aromatic rings. The van der Waals surface area contributed by atoms with E-state index in [1.165, 1.54) is 0 Å². The Morgan fingerprint density at radius 2 is 2.00 bits per heavy atom. The molecule has 0 amide bonds. The van der Waals surface area contributed by atoms with Crippen LogP contribution in [0.3, 0.4) is 0 Å². The number of ether oxygens (including phenoxy) is 2. The van der Waals surface area contributed by atoms with Crippen LogP contribution in [0.1, 0.15) is 27.9 Å². The number of fused-ring (bicyclic) bond motifs is 1. The van der Waals surface area contributed by atoms with Gasteiger partial charge in [-0.1, -0.05) is 20.8 Å². The Kier molecular flexibility index (Phi) is 6.76. The molecular weight excluding hydrogens is 380 g/mol. The third-order valence-electron chi connectivity index (χ3n) is 4.21. The van der Waals surface area contributed by atoms with Crippen molar-refractivity contribution in [3.8, 4) is 17.2 Å². The van der Waals surface area contributed by atoms with E-state index in [4.69, 9.17) is 9.47 Å². The van der Waals surface area contributed by atoms with Gasteiger partial charge in [0.2, 0.25) is 5.95 Å². The number of rotatable bonds is 4. The van der Waals surface area contributed by atoms with Crippen LogP contribution in [0.15, 0.2) is 36.9 Å². The van der Waals surface area contributed by atoms with Crippen LogP contribution in [-0.2, 0) is 0 Å². The van der Waals surface area contributed by atoms with Gasteiger partial charge < -0.3 is 24.3 Å². The Bertz CT molecular complexity index is 989. The van der Waals surface area contributed by atoms with Gasteiger partial charge in [0.1, 0.15) is 12.4 Å². The number of benzene rings is 1. The molecule has 0 fully saturated rings. The molecule has 30 heavy (non-hydrogen) atoms. The van der Waals surface area contributed by atoms with Crippen molar-refractivity contribution in [3.05, 3.63) is 42.6 Å². The van der Waals surface area contributed by atoms with Gasteiger partial charge in [-0.25, -0.2) is 9.97 Å². The van der Waals surface area contributed by atoms with Crippen LogP contribution in [-0.4, -0.2) is 46.8 Å². The van der Waals surface area contributed by atoms with E-state index in [-0.39, 0.29) is 1.43 Å². The number of hydrogen-bond acceptors (Lipinski definition) is 7. The molecule has 1 aliphatic heterocycles. The van der Waals surface area contributed by atoms with Gasteiger partial charge in [-0.15, -0.1) is 0 Å². The monoisotopic (exact) mass is 412 g/mol. The van der Waals surface area contributed by atoms with E-state index in [1.807, 2.05) is 42.9 Å². The summed E-state index contributed by atoms with van der Waals surface area (Å²) in [6, 6.07) is 5.83. The van der Waals surface area contributed by atoms with E-state index in [0.717, 1.165) is 41.1 Å². The minimum absolute atomic E-state index is 0. The van der Waals surface area contributed by atoms with Crippen molar-refractivity contribution in [2.24, 2.45) is 5.92 Å². The maximum Gasteiger partial charge on any atom is 0.229 e. The minimum Gasteiger partial charge on any atom is -0.494 e. The number of aromatic nitrogens is 4. The van der Waals surface area contributed by atoms with E-state index in [0.29, 0.717) is 18.3 Å². The zero-order valence-corrected chi connectivity index (χ0v) is 18.5. The molecule has 1 N–H and O–H groups in total. The van der Waals surface area contributed by atoms with E-state index in [9.17, 15) is 0 Å². The van der Waals surface area contributed by atoms with E-state index < -0.39 is 0 Å². The Morgan fingerprint density at radius 3 is 2.67 bits per heavy atom. The van der Waals surface area contributed by atoms with Gasteiger partial charge in [0.05, 0.1) is 37.6 Å². The highest BCUT2D eigenvalue weighted by Gasteiger charge is 2.18. The van der Waals surface area contributed by atoms with Crippen LogP contribution in [0, 0.1) is 12.8 Å². The average molecular weight is 413 g/mol. The van der Waals surface area contributed by atoms with Crippen molar-refractivity contribution >= 4 is 17.5 Å². The van der Waals surface area contributed by atoms with Gasteiger partial charge in [-0.2, -0.15) is 4.98 Å². The summed E-state index contributed by atoms with van der Waals surface area (Å²) < 4.78 is 13.0. The molecule has 0 unspecified atom stereocenters. The highest BCUT2D eigenvalue weighted by Crippen LogP contribution is 2.31. The van der Waals surface area contributed by atoms with Gasteiger partial charge in [-0.3, -0.25) is 0 Å². The molecule has 0 saturated heterocycles. The van der Waals surface area contributed by atoms with Gasteiger partial charge in [0.25, 0.3) is 0 Å². The average Bonchev–Trinajstić information content (AvgIpc) is 3.14. The first kappa shape index (κ1) is 21.4. The largest absolute Gasteiger partial charge is 0.494 e. The molecule has 0 aliphatic carbocycles. The number of methoxy groups -OCH3 is 1. The lowest BCUT2D eigenvalue weighted by atomic mass is 10.2. The topological polar surface area (TPSA) is 77.3 Å². The molecule has 4 rings (SSSR count). The molecule has 2 aromatic heterocycles. The Morgan fingerprint density at radius 1 is 1.23 bits per heavy atom. The summed E-state index contributed by atoms with van der Waals surface area (Å²) in [4.78, 5) is 15.2. The second kappa shape index (κ2) is 9.47. The van der Waals surface area contributed by atoms with E-state index in [1.54, 1.807) is 19.6 Å².